The van der Waals surface area contributed by atoms with Crippen molar-refractivity contribution in [1.82, 2.24) is 0 Å². The number of fused-ring (bicyclic) bond motifs is 1. The van der Waals surface area contributed by atoms with Crippen LogP contribution >= 0.6 is 12.6 Å². The Morgan fingerprint density at radius 3 is 2.74 bits per heavy atom. The molecule has 1 atom stereocenters. The van der Waals surface area contributed by atoms with E-state index in [1.165, 1.54) is 5.56 Å². The van der Waals surface area contributed by atoms with Crippen molar-refractivity contribution in [3.05, 3.63) is 59.7 Å². The summed E-state index contributed by atoms with van der Waals surface area (Å²) in [7, 11) is 0. The molecule has 0 saturated carbocycles. The van der Waals surface area contributed by atoms with Crippen LogP contribution in [0.3, 0.4) is 0 Å². The second kappa shape index (κ2) is 7.55. The smallest absolute Gasteiger partial charge is 0.224 e. The molecule has 0 bridgehead atoms. The zero-order valence-corrected chi connectivity index (χ0v) is 13.9. The fourth-order valence-corrected chi connectivity index (χ4v) is 3.10. The van der Waals surface area contributed by atoms with Crippen LogP contribution in [0.1, 0.15) is 30.4 Å². The van der Waals surface area contributed by atoms with E-state index >= 15 is 0 Å². The Labute approximate surface area is 142 Å². The minimum absolute atomic E-state index is 0.0494. The van der Waals surface area contributed by atoms with Crippen LogP contribution in [0.2, 0.25) is 0 Å². The molecular formula is C19H21NO2S. The summed E-state index contributed by atoms with van der Waals surface area (Å²) in [5.74, 6) is 0.767. The van der Waals surface area contributed by atoms with Crippen LogP contribution in [0, 0.1) is 0 Å². The average molecular weight is 327 g/mol. The minimum Gasteiger partial charge on any atom is -0.478 e. The van der Waals surface area contributed by atoms with Gasteiger partial charge in [0.15, 0.2) is 0 Å². The van der Waals surface area contributed by atoms with E-state index in [-0.39, 0.29) is 11.3 Å². The number of hydrogen-bond acceptors (Lipinski definition) is 3. The maximum absolute atomic E-state index is 11.6. The van der Waals surface area contributed by atoms with Crippen LogP contribution in [0.4, 0.5) is 5.69 Å². The Balaban J connectivity index is 1.56. The Morgan fingerprint density at radius 1 is 1.09 bits per heavy atom. The van der Waals surface area contributed by atoms with Crippen molar-refractivity contribution in [2.24, 2.45) is 0 Å². The number of para-hydroxylation sites is 1. The highest BCUT2D eigenvalue weighted by molar-refractivity contribution is 7.80. The van der Waals surface area contributed by atoms with Crippen LogP contribution in [0.15, 0.2) is 48.5 Å². The Hall–Kier alpha value is -1.94. The summed E-state index contributed by atoms with van der Waals surface area (Å²) < 4.78 is 5.95. The predicted octanol–water partition coefficient (Wildman–Crippen LogP) is 4.23. The molecule has 3 nitrogen and oxygen atoms in total. The zero-order valence-electron chi connectivity index (χ0n) is 13.0. The Bertz CT molecular complexity index is 672. The van der Waals surface area contributed by atoms with E-state index in [1.807, 2.05) is 24.3 Å². The number of hydrogen-bond donors (Lipinski definition) is 2. The minimum atomic E-state index is -0.177. The van der Waals surface area contributed by atoms with Gasteiger partial charge in [0.2, 0.25) is 5.91 Å². The first-order chi connectivity index (χ1) is 11.2. The molecule has 1 N–H and O–H groups in total. The molecule has 1 aliphatic heterocycles. The lowest BCUT2D eigenvalue weighted by Gasteiger charge is -2.22. The number of carbonyl (C=O) groups excluding carboxylic acids is 1. The molecule has 0 saturated heterocycles. The van der Waals surface area contributed by atoms with E-state index in [2.05, 4.69) is 42.2 Å². The number of nitrogens with one attached hydrogen (secondary N) is 1. The lowest BCUT2D eigenvalue weighted by atomic mass is 10.0. The molecule has 1 heterocycles. The summed E-state index contributed by atoms with van der Waals surface area (Å²) in [5.41, 5.74) is 3.10. The van der Waals surface area contributed by atoms with Crippen molar-refractivity contribution in [2.45, 2.75) is 37.5 Å². The monoisotopic (exact) mass is 327 g/mol. The second-order valence-corrected chi connectivity index (χ2v) is 6.36. The summed E-state index contributed by atoms with van der Waals surface area (Å²) >= 11 is 4.54. The molecule has 120 valence electrons. The van der Waals surface area contributed by atoms with Gasteiger partial charge in [-0.1, -0.05) is 42.5 Å². The van der Waals surface area contributed by atoms with Crippen LogP contribution in [0.25, 0.3) is 0 Å². The van der Waals surface area contributed by atoms with Gasteiger partial charge in [-0.15, -0.1) is 12.6 Å². The highest BCUT2D eigenvalue weighted by atomic mass is 32.1. The van der Waals surface area contributed by atoms with Gasteiger partial charge in [0, 0.05) is 6.42 Å². The third-order valence-electron chi connectivity index (χ3n) is 4.02. The van der Waals surface area contributed by atoms with Crippen LogP contribution in [-0.4, -0.2) is 11.3 Å². The van der Waals surface area contributed by atoms with Gasteiger partial charge in [-0.05, 0) is 42.9 Å². The highest BCUT2D eigenvalue weighted by Gasteiger charge is 2.19. The van der Waals surface area contributed by atoms with Gasteiger partial charge in [-0.25, -0.2) is 0 Å². The molecule has 1 aliphatic rings. The van der Waals surface area contributed by atoms with E-state index in [0.29, 0.717) is 6.42 Å². The van der Waals surface area contributed by atoms with Gasteiger partial charge in [0.05, 0.1) is 5.69 Å². The SMILES string of the molecule is O=C1CCc2cccc(OC(S)CCCc3ccccc3)c2N1. The summed E-state index contributed by atoms with van der Waals surface area (Å²) in [6.45, 7) is 0. The van der Waals surface area contributed by atoms with E-state index in [0.717, 1.165) is 42.7 Å². The molecular weight excluding hydrogens is 306 g/mol. The zero-order chi connectivity index (χ0) is 16.1. The Morgan fingerprint density at radius 2 is 1.91 bits per heavy atom. The van der Waals surface area contributed by atoms with E-state index in [4.69, 9.17) is 4.74 Å². The van der Waals surface area contributed by atoms with E-state index in [1.54, 1.807) is 0 Å². The summed E-state index contributed by atoms with van der Waals surface area (Å²) in [6, 6.07) is 16.3. The van der Waals surface area contributed by atoms with Crippen molar-refractivity contribution in [3.63, 3.8) is 0 Å². The number of carbonyl (C=O) groups is 1. The third-order valence-corrected chi connectivity index (χ3v) is 4.38. The number of amides is 1. The maximum Gasteiger partial charge on any atom is 0.224 e. The number of ether oxygens (including phenoxy) is 1. The first-order valence-corrected chi connectivity index (χ1v) is 8.54. The van der Waals surface area contributed by atoms with Crippen molar-refractivity contribution >= 4 is 24.2 Å². The fraction of sp³-hybridized carbons (Fsp3) is 0.316. The number of anilines is 1. The van der Waals surface area contributed by atoms with E-state index < -0.39 is 0 Å². The van der Waals surface area contributed by atoms with Crippen LogP contribution in [0.5, 0.6) is 5.75 Å². The topological polar surface area (TPSA) is 38.3 Å². The van der Waals surface area contributed by atoms with Crippen molar-refractivity contribution in [1.29, 1.82) is 0 Å². The first kappa shape index (κ1) is 15.9. The van der Waals surface area contributed by atoms with Crippen LogP contribution in [-0.2, 0) is 17.6 Å². The molecule has 4 heteroatoms. The van der Waals surface area contributed by atoms with Crippen LogP contribution < -0.4 is 10.1 Å². The van der Waals surface area contributed by atoms with Gasteiger partial charge in [-0.3, -0.25) is 4.79 Å². The Kier molecular flexibility index (Phi) is 5.23. The standard InChI is InChI=1S/C19H21NO2S/c21-17-13-12-15-9-5-10-16(19(15)20-17)22-18(23)11-4-8-14-6-2-1-3-7-14/h1-3,5-7,9-10,18,23H,4,8,11-13H2,(H,20,21). The molecule has 23 heavy (non-hydrogen) atoms. The largest absolute Gasteiger partial charge is 0.478 e. The molecule has 0 aromatic heterocycles. The van der Waals surface area contributed by atoms with Gasteiger partial charge in [-0.2, -0.15) is 0 Å². The number of benzene rings is 2. The number of aryl methyl sites for hydroxylation is 2. The van der Waals surface area contributed by atoms with Gasteiger partial charge < -0.3 is 10.1 Å². The van der Waals surface area contributed by atoms with Gasteiger partial charge in [0.1, 0.15) is 11.2 Å². The van der Waals surface area contributed by atoms with E-state index in [9.17, 15) is 4.79 Å². The van der Waals surface area contributed by atoms with Crippen molar-refractivity contribution in [2.75, 3.05) is 5.32 Å². The molecule has 1 amide bonds. The normalized spacial score (nSPS) is 14.7. The summed E-state index contributed by atoms with van der Waals surface area (Å²) in [5, 5.41) is 2.92. The van der Waals surface area contributed by atoms with Gasteiger partial charge >= 0.3 is 0 Å². The molecule has 1 unspecified atom stereocenters. The number of rotatable bonds is 6. The fourth-order valence-electron chi connectivity index (χ4n) is 2.81. The summed E-state index contributed by atoms with van der Waals surface area (Å²) in [4.78, 5) is 11.6. The summed E-state index contributed by atoms with van der Waals surface area (Å²) in [6.07, 6.45) is 4.20. The molecule has 2 aromatic carbocycles. The average Bonchev–Trinajstić information content (AvgIpc) is 2.56. The third kappa shape index (κ3) is 4.29. The molecule has 0 aliphatic carbocycles. The van der Waals surface area contributed by atoms with Crippen molar-refractivity contribution in [3.8, 4) is 5.75 Å². The lowest BCUT2D eigenvalue weighted by Crippen LogP contribution is -2.20. The molecule has 0 fully saturated rings. The molecule has 0 radical (unpaired) electrons. The van der Waals surface area contributed by atoms with Gasteiger partial charge in [0.25, 0.3) is 0 Å². The quantitative estimate of drug-likeness (QED) is 0.615. The predicted molar refractivity (Wildman–Crippen MR) is 96.2 cm³/mol. The highest BCUT2D eigenvalue weighted by Crippen LogP contribution is 2.33. The second-order valence-electron chi connectivity index (χ2n) is 5.79. The first-order valence-electron chi connectivity index (χ1n) is 8.03. The molecule has 2 aromatic rings. The molecule has 0 spiro atoms. The maximum atomic E-state index is 11.6. The lowest BCUT2D eigenvalue weighted by molar-refractivity contribution is -0.116. The molecule has 3 rings (SSSR count). The number of thiol groups is 1. The van der Waals surface area contributed by atoms with Crippen molar-refractivity contribution < 1.29 is 9.53 Å².